The smallest absolute Gasteiger partial charge is 0.252 e. The molecule has 0 aliphatic rings. The molecule has 0 aliphatic carbocycles. The monoisotopic (exact) mass is 319 g/mol. The van der Waals surface area contributed by atoms with Gasteiger partial charge in [0, 0.05) is 44.0 Å². The molecule has 0 saturated heterocycles. The zero-order valence-electron chi connectivity index (χ0n) is 11.8. The Balaban J connectivity index is 0.00000361. The topological polar surface area (TPSA) is 61.4 Å². The molecule has 0 spiro atoms. The van der Waals surface area contributed by atoms with Crippen LogP contribution in [0, 0.1) is 0 Å². The maximum atomic E-state index is 11.7. The van der Waals surface area contributed by atoms with E-state index in [9.17, 15) is 9.59 Å². The van der Waals surface area contributed by atoms with Crippen molar-refractivity contribution < 1.29 is 9.59 Å². The number of likely N-dealkylation sites (N-methyl/N-ethyl adjacent to an activating group) is 2. The molecule has 1 heterocycles. The van der Waals surface area contributed by atoms with Crippen molar-refractivity contribution >= 4 is 35.6 Å². The first kappa shape index (κ1) is 18.9. The number of nitrogens with one attached hydrogen (secondary N) is 2. The van der Waals surface area contributed by atoms with Gasteiger partial charge in [0.15, 0.2) is 0 Å². The summed E-state index contributed by atoms with van der Waals surface area (Å²) in [6.45, 7) is 2.02. The molecule has 5 nitrogen and oxygen atoms in total. The Morgan fingerprint density at radius 2 is 2.10 bits per heavy atom. The Hall–Kier alpha value is -1.11. The Morgan fingerprint density at radius 1 is 1.35 bits per heavy atom. The van der Waals surface area contributed by atoms with Gasteiger partial charge in [-0.1, -0.05) is 0 Å². The molecule has 2 amide bonds. The highest BCUT2D eigenvalue weighted by Gasteiger charge is 2.08. The van der Waals surface area contributed by atoms with E-state index in [-0.39, 0.29) is 24.2 Å². The fraction of sp³-hybridized carbons (Fsp3) is 0.538. The summed E-state index contributed by atoms with van der Waals surface area (Å²) in [4.78, 5) is 25.0. The Bertz CT molecular complexity index is 398. The van der Waals surface area contributed by atoms with Crippen LogP contribution >= 0.6 is 23.7 Å². The van der Waals surface area contributed by atoms with Gasteiger partial charge in [0.1, 0.15) is 0 Å². The third-order valence-corrected chi connectivity index (χ3v) is 3.44. The van der Waals surface area contributed by atoms with Gasteiger partial charge in [0.05, 0.1) is 0 Å². The van der Waals surface area contributed by atoms with E-state index in [1.807, 2.05) is 17.8 Å². The molecule has 0 aliphatic heterocycles. The number of amides is 2. The molecule has 114 valence electrons. The molecule has 0 atom stereocenters. The molecule has 20 heavy (non-hydrogen) atoms. The summed E-state index contributed by atoms with van der Waals surface area (Å²) < 4.78 is 0. The molecule has 0 bridgehead atoms. The van der Waals surface area contributed by atoms with Gasteiger partial charge in [-0.25, -0.2) is 0 Å². The SMILES string of the molecule is CNCCN(C)C(=O)CCCNC(=O)c1ccsc1.Cl. The van der Waals surface area contributed by atoms with Gasteiger partial charge in [0.25, 0.3) is 5.91 Å². The Morgan fingerprint density at radius 3 is 2.70 bits per heavy atom. The highest BCUT2D eigenvalue weighted by Crippen LogP contribution is 2.05. The van der Waals surface area contributed by atoms with E-state index in [0.717, 1.165) is 6.54 Å². The van der Waals surface area contributed by atoms with Crippen LogP contribution in [0.15, 0.2) is 16.8 Å². The summed E-state index contributed by atoms with van der Waals surface area (Å²) >= 11 is 1.50. The molecule has 0 fully saturated rings. The van der Waals surface area contributed by atoms with Crippen molar-refractivity contribution in [2.75, 3.05) is 33.7 Å². The van der Waals surface area contributed by atoms with E-state index >= 15 is 0 Å². The van der Waals surface area contributed by atoms with Gasteiger partial charge in [-0.15, -0.1) is 12.4 Å². The predicted molar refractivity (Wildman–Crippen MR) is 84.7 cm³/mol. The lowest BCUT2D eigenvalue weighted by Gasteiger charge is -2.16. The molecule has 0 aromatic carbocycles. The lowest BCUT2D eigenvalue weighted by Crippen LogP contribution is -2.33. The fourth-order valence-electron chi connectivity index (χ4n) is 1.53. The van der Waals surface area contributed by atoms with Crippen LogP contribution in [0.5, 0.6) is 0 Å². The number of carbonyl (C=O) groups is 2. The molecule has 0 unspecified atom stereocenters. The van der Waals surface area contributed by atoms with Crippen LogP contribution in [-0.2, 0) is 4.79 Å². The van der Waals surface area contributed by atoms with Crippen LogP contribution in [0.25, 0.3) is 0 Å². The van der Waals surface area contributed by atoms with Gasteiger partial charge in [-0.05, 0) is 24.9 Å². The fourth-order valence-corrected chi connectivity index (χ4v) is 2.17. The summed E-state index contributed by atoms with van der Waals surface area (Å²) in [5.41, 5.74) is 0.683. The average molecular weight is 320 g/mol. The summed E-state index contributed by atoms with van der Waals surface area (Å²) in [6, 6.07) is 1.79. The Labute approximate surface area is 130 Å². The third-order valence-electron chi connectivity index (χ3n) is 2.76. The van der Waals surface area contributed by atoms with Crippen molar-refractivity contribution in [3.8, 4) is 0 Å². The molecule has 1 aromatic heterocycles. The zero-order chi connectivity index (χ0) is 14.1. The second kappa shape index (κ2) is 10.7. The predicted octanol–water partition coefficient (Wildman–Crippen LogP) is 1.36. The van der Waals surface area contributed by atoms with Crippen LogP contribution in [0.3, 0.4) is 0 Å². The van der Waals surface area contributed by atoms with Crippen LogP contribution in [0.2, 0.25) is 0 Å². The number of carbonyl (C=O) groups excluding carboxylic acids is 2. The lowest BCUT2D eigenvalue weighted by atomic mass is 10.2. The molecule has 7 heteroatoms. The highest BCUT2D eigenvalue weighted by molar-refractivity contribution is 7.08. The van der Waals surface area contributed by atoms with E-state index in [2.05, 4.69) is 10.6 Å². The van der Waals surface area contributed by atoms with Gasteiger partial charge >= 0.3 is 0 Å². The van der Waals surface area contributed by atoms with Gasteiger partial charge in [-0.2, -0.15) is 11.3 Å². The van der Waals surface area contributed by atoms with Crippen molar-refractivity contribution in [2.45, 2.75) is 12.8 Å². The van der Waals surface area contributed by atoms with E-state index < -0.39 is 0 Å². The van der Waals surface area contributed by atoms with Crippen LogP contribution < -0.4 is 10.6 Å². The molecular formula is C13H22ClN3O2S. The molecule has 0 radical (unpaired) electrons. The first-order valence-corrected chi connectivity index (χ1v) is 7.28. The molecular weight excluding hydrogens is 298 g/mol. The summed E-state index contributed by atoms with van der Waals surface area (Å²) in [6.07, 6.45) is 1.13. The largest absolute Gasteiger partial charge is 0.352 e. The standard InChI is InChI=1S/C13H21N3O2S.ClH/c1-14-7-8-16(2)12(17)4-3-6-15-13(18)11-5-9-19-10-11;/h5,9-10,14H,3-4,6-8H2,1-2H3,(H,15,18);1H. The summed E-state index contributed by atoms with van der Waals surface area (Å²) in [7, 11) is 3.65. The first-order valence-electron chi connectivity index (χ1n) is 6.34. The van der Waals surface area contributed by atoms with E-state index in [0.29, 0.717) is 31.5 Å². The number of thiophene rings is 1. The zero-order valence-corrected chi connectivity index (χ0v) is 13.5. The van der Waals surface area contributed by atoms with E-state index in [4.69, 9.17) is 0 Å². The second-order valence-corrected chi connectivity index (χ2v) is 5.07. The van der Waals surface area contributed by atoms with Crippen molar-refractivity contribution in [3.63, 3.8) is 0 Å². The first-order chi connectivity index (χ1) is 9.15. The third kappa shape index (κ3) is 6.88. The lowest BCUT2D eigenvalue weighted by molar-refractivity contribution is -0.129. The van der Waals surface area contributed by atoms with Gasteiger partial charge in [0.2, 0.25) is 5.91 Å². The quantitative estimate of drug-likeness (QED) is 0.711. The number of rotatable bonds is 8. The van der Waals surface area contributed by atoms with Crippen LogP contribution in [0.4, 0.5) is 0 Å². The normalized spacial score (nSPS) is 9.70. The summed E-state index contributed by atoms with van der Waals surface area (Å²) in [5, 5.41) is 9.49. The minimum atomic E-state index is -0.0720. The minimum absolute atomic E-state index is 0. The van der Waals surface area contributed by atoms with E-state index in [1.165, 1.54) is 11.3 Å². The van der Waals surface area contributed by atoms with Crippen LogP contribution in [-0.4, -0.2) is 50.4 Å². The Kier molecular flexibility index (Phi) is 10.1. The number of halogens is 1. The van der Waals surface area contributed by atoms with Gasteiger partial charge in [-0.3, -0.25) is 9.59 Å². The van der Waals surface area contributed by atoms with Crippen molar-refractivity contribution in [1.82, 2.24) is 15.5 Å². The second-order valence-electron chi connectivity index (χ2n) is 4.29. The number of nitrogens with zero attached hydrogens (tertiary/aromatic N) is 1. The summed E-state index contributed by atoms with van der Waals surface area (Å²) in [5.74, 6) is 0.0391. The minimum Gasteiger partial charge on any atom is -0.352 e. The van der Waals surface area contributed by atoms with Gasteiger partial charge < -0.3 is 15.5 Å². The molecule has 1 aromatic rings. The molecule has 0 saturated carbocycles. The van der Waals surface area contributed by atoms with Crippen molar-refractivity contribution in [2.24, 2.45) is 0 Å². The maximum Gasteiger partial charge on any atom is 0.252 e. The number of hydrogen-bond acceptors (Lipinski definition) is 4. The maximum absolute atomic E-state index is 11.7. The molecule has 2 N–H and O–H groups in total. The van der Waals surface area contributed by atoms with Crippen molar-refractivity contribution in [1.29, 1.82) is 0 Å². The highest BCUT2D eigenvalue weighted by atomic mass is 35.5. The van der Waals surface area contributed by atoms with E-state index in [1.54, 1.807) is 18.0 Å². The molecule has 1 rings (SSSR count). The number of hydrogen-bond donors (Lipinski definition) is 2. The van der Waals surface area contributed by atoms with Crippen molar-refractivity contribution in [3.05, 3.63) is 22.4 Å². The van der Waals surface area contributed by atoms with Crippen LogP contribution in [0.1, 0.15) is 23.2 Å². The average Bonchev–Trinajstić information content (AvgIpc) is 2.94.